The molecule has 1 aromatic rings. The summed E-state index contributed by atoms with van der Waals surface area (Å²) in [6.07, 6.45) is 1.27. The topological polar surface area (TPSA) is 126 Å². The lowest BCUT2D eigenvalue weighted by Gasteiger charge is -2.17. The Hall–Kier alpha value is -2.06. The molecule has 0 aliphatic heterocycles. The van der Waals surface area contributed by atoms with Crippen LogP contribution in [0.5, 0.6) is 5.75 Å². The van der Waals surface area contributed by atoms with Crippen molar-refractivity contribution in [2.75, 3.05) is 0 Å². The Morgan fingerprint density at radius 3 is 2.50 bits per heavy atom. The molecule has 7 nitrogen and oxygen atoms in total. The molecule has 0 amide bonds. The molecule has 8 heteroatoms. The first-order valence-electron chi connectivity index (χ1n) is 6.10. The van der Waals surface area contributed by atoms with Crippen molar-refractivity contribution >= 4 is 24.8 Å². The molecule has 0 atom stereocenters. The van der Waals surface area contributed by atoms with E-state index in [4.69, 9.17) is 16.2 Å². The number of ether oxygens (including phenoxy) is 1. The molecule has 0 fully saturated rings. The molecular formula is C12H19BN4O3. The minimum absolute atomic E-state index is 0.134. The minimum Gasteiger partial charge on any atom is -0.491 e. The zero-order valence-electron chi connectivity index (χ0n) is 11.7. The summed E-state index contributed by atoms with van der Waals surface area (Å²) in [6.45, 7) is 5.50. The van der Waals surface area contributed by atoms with E-state index in [0.29, 0.717) is 11.3 Å². The molecule has 0 radical (unpaired) electrons. The molecule has 0 saturated heterocycles. The van der Waals surface area contributed by atoms with Crippen LogP contribution in [0.2, 0.25) is 0 Å². The average molecular weight is 278 g/mol. The highest BCUT2D eigenvalue weighted by molar-refractivity contribution is 6.60. The monoisotopic (exact) mass is 278 g/mol. The van der Waals surface area contributed by atoms with E-state index in [1.165, 1.54) is 6.21 Å². The summed E-state index contributed by atoms with van der Waals surface area (Å²) >= 11 is 0. The molecule has 20 heavy (non-hydrogen) atoms. The zero-order valence-corrected chi connectivity index (χ0v) is 11.7. The first-order chi connectivity index (χ1) is 9.31. The van der Waals surface area contributed by atoms with Gasteiger partial charge in [0, 0.05) is 11.0 Å². The van der Waals surface area contributed by atoms with Crippen molar-refractivity contribution in [3.63, 3.8) is 0 Å². The summed E-state index contributed by atoms with van der Waals surface area (Å²) in [5, 5.41) is 26.1. The number of hydrogen-bond acceptors (Lipinski definition) is 5. The smallest absolute Gasteiger partial charge is 0.491 e. The van der Waals surface area contributed by atoms with E-state index in [-0.39, 0.29) is 17.5 Å². The fourth-order valence-corrected chi connectivity index (χ4v) is 1.65. The highest BCUT2D eigenvalue weighted by Crippen LogP contribution is 2.18. The maximum absolute atomic E-state index is 9.44. The number of guanidine groups is 1. The van der Waals surface area contributed by atoms with Gasteiger partial charge in [-0.15, -0.1) is 5.10 Å². The quantitative estimate of drug-likeness (QED) is 0.239. The maximum atomic E-state index is 9.44. The van der Waals surface area contributed by atoms with E-state index in [1.807, 2.05) is 20.8 Å². The van der Waals surface area contributed by atoms with Gasteiger partial charge in [0.1, 0.15) is 5.75 Å². The molecular weight excluding hydrogens is 259 g/mol. The highest BCUT2D eigenvalue weighted by Gasteiger charge is 2.21. The van der Waals surface area contributed by atoms with Gasteiger partial charge in [0.25, 0.3) is 0 Å². The number of benzene rings is 1. The van der Waals surface area contributed by atoms with Crippen LogP contribution in [-0.2, 0) is 0 Å². The van der Waals surface area contributed by atoms with Gasteiger partial charge >= 0.3 is 7.12 Å². The molecule has 0 spiro atoms. The molecule has 0 saturated carbocycles. The number of aryl methyl sites for hydroxylation is 1. The van der Waals surface area contributed by atoms with Gasteiger partial charge in [0.2, 0.25) is 5.96 Å². The molecule has 1 aromatic carbocycles. The van der Waals surface area contributed by atoms with Crippen molar-refractivity contribution in [2.45, 2.75) is 26.9 Å². The predicted molar refractivity (Wildman–Crippen MR) is 80.2 cm³/mol. The van der Waals surface area contributed by atoms with Crippen molar-refractivity contribution in [3.8, 4) is 5.75 Å². The van der Waals surface area contributed by atoms with Gasteiger partial charge in [-0.25, -0.2) is 0 Å². The summed E-state index contributed by atoms with van der Waals surface area (Å²) in [5.74, 6) is 0.179. The predicted octanol–water partition coefficient (Wildman–Crippen LogP) is -0.931. The Morgan fingerprint density at radius 1 is 1.35 bits per heavy atom. The fourth-order valence-electron chi connectivity index (χ4n) is 1.65. The molecule has 0 aliphatic rings. The Kier molecular flexibility index (Phi) is 5.54. The first-order valence-corrected chi connectivity index (χ1v) is 6.10. The number of rotatable bonds is 5. The number of hydrogen-bond donors (Lipinski definition) is 4. The number of nitrogens with two attached hydrogens (primary N) is 2. The lowest BCUT2D eigenvalue weighted by atomic mass is 9.77. The van der Waals surface area contributed by atoms with E-state index >= 15 is 0 Å². The molecule has 1 rings (SSSR count). The van der Waals surface area contributed by atoms with Gasteiger partial charge in [-0.3, -0.25) is 0 Å². The molecule has 0 aromatic heterocycles. The maximum Gasteiger partial charge on any atom is 0.492 e. The second-order valence-corrected chi connectivity index (χ2v) is 4.58. The van der Waals surface area contributed by atoms with Crippen LogP contribution in [0.25, 0.3) is 0 Å². The van der Waals surface area contributed by atoms with Crippen LogP contribution in [0, 0.1) is 6.92 Å². The third-order valence-electron chi connectivity index (χ3n) is 2.29. The zero-order chi connectivity index (χ0) is 15.3. The Bertz CT molecular complexity index is 526. The van der Waals surface area contributed by atoms with Crippen molar-refractivity contribution in [1.29, 1.82) is 0 Å². The fraction of sp³-hybridized carbons (Fsp3) is 0.333. The van der Waals surface area contributed by atoms with Crippen molar-refractivity contribution in [1.82, 2.24) is 0 Å². The highest BCUT2D eigenvalue weighted by atomic mass is 16.5. The van der Waals surface area contributed by atoms with Gasteiger partial charge in [-0.1, -0.05) is 11.6 Å². The summed E-state index contributed by atoms with van der Waals surface area (Å²) < 4.78 is 5.63. The van der Waals surface area contributed by atoms with E-state index in [2.05, 4.69) is 10.2 Å². The van der Waals surface area contributed by atoms with Crippen LogP contribution in [0.1, 0.15) is 25.0 Å². The Morgan fingerprint density at radius 2 is 2.00 bits per heavy atom. The van der Waals surface area contributed by atoms with Gasteiger partial charge in [-0.2, -0.15) is 5.10 Å². The van der Waals surface area contributed by atoms with Crippen LogP contribution in [0.3, 0.4) is 0 Å². The van der Waals surface area contributed by atoms with Crippen molar-refractivity contribution in [2.24, 2.45) is 21.7 Å². The summed E-state index contributed by atoms with van der Waals surface area (Å²) in [6, 6.07) is 3.43. The minimum atomic E-state index is -1.64. The second kappa shape index (κ2) is 6.92. The van der Waals surface area contributed by atoms with Crippen LogP contribution in [-0.4, -0.2) is 35.4 Å². The largest absolute Gasteiger partial charge is 0.492 e. The molecule has 0 aliphatic carbocycles. The van der Waals surface area contributed by atoms with Crippen molar-refractivity contribution in [3.05, 3.63) is 23.3 Å². The summed E-state index contributed by atoms with van der Waals surface area (Å²) in [7, 11) is -1.64. The van der Waals surface area contributed by atoms with E-state index in [9.17, 15) is 10.0 Å². The lowest BCUT2D eigenvalue weighted by molar-refractivity contribution is 0.243. The third-order valence-corrected chi connectivity index (χ3v) is 2.29. The Balaban J connectivity index is 3.32. The SMILES string of the molecule is Cc1cc(C=NN=C(N)N)c(OC(C)C)c(B(O)O)c1. The summed E-state index contributed by atoms with van der Waals surface area (Å²) in [5.41, 5.74) is 12.0. The second-order valence-electron chi connectivity index (χ2n) is 4.58. The molecule has 0 heterocycles. The molecule has 0 unspecified atom stereocenters. The summed E-state index contributed by atoms with van der Waals surface area (Å²) in [4.78, 5) is 0. The van der Waals surface area contributed by atoms with E-state index < -0.39 is 7.12 Å². The standard InChI is InChI=1S/C12H19BN4O3/c1-7(2)20-11-9(6-16-17-12(14)15)4-8(3)5-10(11)13(18)19/h4-7,18-19H,1-3H3,(H4,14,15,17). The molecule has 108 valence electrons. The van der Waals surface area contributed by atoms with Crippen LogP contribution >= 0.6 is 0 Å². The van der Waals surface area contributed by atoms with Crippen molar-refractivity contribution < 1.29 is 14.8 Å². The van der Waals surface area contributed by atoms with Gasteiger partial charge in [0.15, 0.2) is 0 Å². The van der Waals surface area contributed by atoms with Crippen LogP contribution in [0.15, 0.2) is 22.3 Å². The van der Waals surface area contributed by atoms with Gasteiger partial charge < -0.3 is 26.3 Å². The number of nitrogens with zero attached hydrogens (tertiary/aromatic N) is 2. The lowest BCUT2D eigenvalue weighted by Crippen LogP contribution is -2.33. The normalized spacial score (nSPS) is 10.9. The Labute approximate surface area is 118 Å². The van der Waals surface area contributed by atoms with E-state index in [1.54, 1.807) is 12.1 Å². The van der Waals surface area contributed by atoms with Gasteiger partial charge in [-0.05, 0) is 26.8 Å². The first kappa shape index (κ1) is 16.0. The van der Waals surface area contributed by atoms with Crippen LogP contribution in [0.4, 0.5) is 0 Å². The molecule has 6 N–H and O–H groups in total. The average Bonchev–Trinajstić information content (AvgIpc) is 2.30. The van der Waals surface area contributed by atoms with E-state index in [0.717, 1.165) is 5.56 Å². The third kappa shape index (κ3) is 4.56. The molecule has 0 bridgehead atoms. The van der Waals surface area contributed by atoms with Gasteiger partial charge in [0.05, 0.1) is 12.3 Å². The van der Waals surface area contributed by atoms with Crippen LogP contribution < -0.4 is 21.7 Å².